The number of carbonyl (C=O) groups excluding carboxylic acids is 3. The minimum absolute atomic E-state index is 0.0263. The number of hydrogen-bond donors (Lipinski definition) is 4. The van der Waals surface area contributed by atoms with Crippen LogP contribution in [0, 0.1) is 11.8 Å². The maximum Gasteiger partial charge on any atom is 0.515 e. The van der Waals surface area contributed by atoms with Crippen LogP contribution in [0.2, 0.25) is 0 Å². The first kappa shape index (κ1) is 33.9. The molecule has 4 rings (SSSR count). The lowest BCUT2D eigenvalue weighted by Gasteiger charge is -2.29. The van der Waals surface area contributed by atoms with Crippen LogP contribution in [0.15, 0.2) is 22.6 Å². The highest BCUT2D eigenvalue weighted by molar-refractivity contribution is 7.54. The number of nitrogens with zero attached hydrogens (tertiary/aromatic N) is 3. The van der Waals surface area contributed by atoms with Crippen LogP contribution in [0.3, 0.4) is 0 Å². The Kier molecular flexibility index (Phi) is 9.91. The van der Waals surface area contributed by atoms with E-state index in [9.17, 15) is 23.7 Å². The number of ether oxygens (including phenoxy) is 5. The molecule has 18 nitrogen and oxygen atoms in total. The summed E-state index contributed by atoms with van der Waals surface area (Å²) < 4.78 is 48.4. The summed E-state index contributed by atoms with van der Waals surface area (Å²) in [4.78, 5) is 60.6. The van der Waals surface area contributed by atoms with Gasteiger partial charge in [-0.2, -0.15) is 4.98 Å². The average Bonchev–Trinajstić information content (AvgIpc) is 3.58. The largest absolute Gasteiger partial charge is 0.515 e. The number of nitrogens with one attached hydrogen (secondary N) is 3. The van der Waals surface area contributed by atoms with E-state index < -0.39 is 61.8 Å². The zero-order valence-electron chi connectivity index (χ0n) is 25.9. The number of rotatable bonds is 14. The Bertz CT molecular complexity index is 1570. The predicted octanol–water partition coefficient (Wildman–Crippen LogP) is 1.85. The van der Waals surface area contributed by atoms with Gasteiger partial charge in [-0.05, 0) is 31.6 Å². The van der Waals surface area contributed by atoms with E-state index in [1.807, 2.05) is 27.7 Å². The summed E-state index contributed by atoms with van der Waals surface area (Å²) in [6.07, 6.45) is -0.563. The highest BCUT2D eigenvalue weighted by atomic mass is 31.2. The van der Waals surface area contributed by atoms with Crippen molar-refractivity contribution in [2.24, 2.45) is 11.8 Å². The molecule has 0 aromatic carbocycles. The molecule has 4 heterocycles. The van der Waals surface area contributed by atoms with Crippen LogP contribution >= 0.6 is 7.67 Å². The van der Waals surface area contributed by atoms with E-state index in [-0.39, 0.29) is 53.3 Å². The SMILES string of the molecule is COC(=O)C(CC(C)C)NP(=O)(NC(CC(C)C)C(=O)OC)OCC1=C2OC(=O)OC2(C)[C@H](n2cnc3c(=O)[nH]c(N)nc32)O1. The Balaban J connectivity index is 1.69. The van der Waals surface area contributed by atoms with Crippen LogP contribution in [0.4, 0.5) is 10.7 Å². The predicted molar refractivity (Wildman–Crippen MR) is 156 cm³/mol. The summed E-state index contributed by atoms with van der Waals surface area (Å²) in [5.41, 5.74) is 3.53. The normalized spacial score (nSPS) is 22.1. The number of carbonyl (C=O) groups is 3. The van der Waals surface area contributed by atoms with Crippen LogP contribution in [-0.4, -0.2) is 76.1 Å². The van der Waals surface area contributed by atoms with Crippen molar-refractivity contribution in [1.29, 1.82) is 0 Å². The number of H-pyrrole nitrogens is 1. The van der Waals surface area contributed by atoms with Crippen molar-refractivity contribution in [3.05, 3.63) is 28.2 Å². The second-order valence-electron chi connectivity index (χ2n) is 11.6. The van der Waals surface area contributed by atoms with Gasteiger partial charge in [-0.25, -0.2) is 20.0 Å². The molecule has 4 atom stereocenters. The third-order valence-corrected chi connectivity index (χ3v) is 8.82. The standard InChI is InChI=1S/C26H38N7O11P/c1-12(2)8-14(21(35)39-6)31-45(38,32-15(9-13(3)4)22(36)40-7)41-10-16-18-26(5,44-25(37)43-18)23(42-16)33-11-28-17-19(33)29-24(27)30-20(17)34/h11-15,23H,8-10H2,1-7H3,(H2,31,32,38)(H3,27,29,30,34)/t14?,15?,23-,26?,45?/m1/s1. The second kappa shape index (κ2) is 13.2. The molecule has 3 unspecified atom stereocenters. The van der Waals surface area contributed by atoms with Crippen LogP contribution in [-0.2, 0) is 42.4 Å². The quantitative estimate of drug-likeness (QED) is 0.129. The summed E-state index contributed by atoms with van der Waals surface area (Å²) in [7, 11) is -1.94. The van der Waals surface area contributed by atoms with Gasteiger partial charge >= 0.3 is 25.8 Å². The summed E-state index contributed by atoms with van der Waals surface area (Å²) in [5.74, 6) is -1.84. The summed E-state index contributed by atoms with van der Waals surface area (Å²) in [6, 6.07) is -2.18. The average molecular weight is 656 g/mol. The maximum atomic E-state index is 14.4. The van der Waals surface area contributed by atoms with Gasteiger partial charge in [0.2, 0.25) is 23.5 Å². The van der Waals surface area contributed by atoms with E-state index in [4.69, 9.17) is 33.9 Å². The van der Waals surface area contributed by atoms with Gasteiger partial charge in [0, 0.05) is 0 Å². The number of aromatic nitrogens is 4. The van der Waals surface area contributed by atoms with Gasteiger partial charge in [0.25, 0.3) is 5.56 Å². The van der Waals surface area contributed by atoms with Gasteiger partial charge < -0.3 is 29.4 Å². The van der Waals surface area contributed by atoms with Crippen molar-refractivity contribution in [2.45, 2.75) is 71.4 Å². The van der Waals surface area contributed by atoms with E-state index in [0.717, 1.165) is 0 Å². The molecule has 45 heavy (non-hydrogen) atoms. The second-order valence-corrected chi connectivity index (χ2v) is 13.4. The number of hydrogen-bond acceptors (Lipinski definition) is 14. The van der Waals surface area contributed by atoms with Gasteiger partial charge in [-0.15, -0.1) is 0 Å². The number of imidazole rings is 1. The zero-order chi connectivity index (χ0) is 33.3. The molecule has 19 heteroatoms. The van der Waals surface area contributed by atoms with E-state index in [0.29, 0.717) is 0 Å². The van der Waals surface area contributed by atoms with Crippen molar-refractivity contribution in [2.75, 3.05) is 26.6 Å². The minimum Gasteiger partial charge on any atom is -0.468 e. The highest BCUT2D eigenvalue weighted by Crippen LogP contribution is 2.50. The fraction of sp³-hybridized carbons (Fsp3) is 0.615. The molecule has 0 saturated carbocycles. The van der Waals surface area contributed by atoms with E-state index in [1.165, 1.54) is 32.0 Å². The number of fused-ring (bicyclic) bond motifs is 2. The monoisotopic (exact) mass is 655 g/mol. The molecule has 1 saturated heterocycles. The van der Waals surface area contributed by atoms with Gasteiger partial charge in [0.1, 0.15) is 25.0 Å². The number of anilines is 1. The summed E-state index contributed by atoms with van der Waals surface area (Å²) in [5, 5.41) is 5.44. The lowest BCUT2D eigenvalue weighted by atomic mass is 10.0. The van der Waals surface area contributed by atoms with Gasteiger partial charge in [0.15, 0.2) is 16.9 Å². The number of nitrogens with two attached hydrogens (primary N) is 1. The van der Waals surface area contributed by atoms with Crippen LogP contribution in [0.5, 0.6) is 0 Å². The molecule has 248 valence electrons. The molecule has 0 bridgehead atoms. The molecule has 0 aliphatic carbocycles. The fourth-order valence-corrected chi connectivity index (χ4v) is 6.83. The molecular formula is C26H38N7O11P. The van der Waals surface area contributed by atoms with Gasteiger partial charge in [-0.1, -0.05) is 27.7 Å². The smallest absolute Gasteiger partial charge is 0.468 e. The molecular weight excluding hydrogens is 617 g/mol. The summed E-state index contributed by atoms with van der Waals surface area (Å²) >= 11 is 0. The van der Waals surface area contributed by atoms with Crippen molar-refractivity contribution in [1.82, 2.24) is 29.7 Å². The molecule has 1 fully saturated rings. The van der Waals surface area contributed by atoms with Gasteiger partial charge in [0.05, 0.1) is 14.2 Å². The van der Waals surface area contributed by atoms with E-state index in [2.05, 4.69) is 25.1 Å². The lowest BCUT2D eigenvalue weighted by molar-refractivity contribution is -0.143. The zero-order valence-corrected chi connectivity index (χ0v) is 26.8. The lowest BCUT2D eigenvalue weighted by Crippen LogP contribution is -2.45. The third kappa shape index (κ3) is 7.13. The fourth-order valence-electron chi connectivity index (χ4n) is 5.06. The molecule has 0 spiro atoms. The molecule has 2 aliphatic rings. The maximum absolute atomic E-state index is 14.4. The van der Waals surface area contributed by atoms with Crippen LogP contribution < -0.4 is 21.5 Å². The molecule has 5 N–H and O–H groups in total. The van der Waals surface area contributed by atoms with E-state index >= 15 is 0 Å². The minimum atomic E-state index is -4.33. The Labute approximate surface area is 257 Å². The van der Waals surface area contributed by atoms with Crippen molar-refractivity contribution >= 4 is 42.9 Å². The highest BCUT2D eigenvalue weighted by Gasteiger charge is 2.59. The van der Waals surface area contributed by atoms with E-state index in [1.54, 1.807) is 0 Å². The van der Waals surface area contributed by atoms with Gasteiger partial charge in [-0.3, -0.25) is 33.0 Å². The number of esters is 2. The Morgan fingerprint density at radius 3 is 2.22 bits per heavy atom. The number of aromatic amines is 1. The molecule has 0 radical (unpaired) electrons. The van der Waals surface area contributed by atoms with Crippen molar-refractivity contribution in [3.8, 4) is 0 Å². The third-order valence-electron chi connectivity index (χ3n) is 7.03. The Hall–Kier alpha value is -3.99. The molecule has 2 aliphatic heterocycles. The summed E-state index contributed by atoms with van der Waals surface area (Å²) in [6.45, 7) is 8.33. The Morgan fingerprint density at radius 1 is 1.11 bits per heavy atom. The Morgan fingerprint density at radius 2 is 1.69 bits per heavy atom. The first-order valence-corrected chi connectivity index (χ1v) is 15.7. The number of nitrogen functional groups attached to an aromatic ring is 1. The van der Waals surface area contributed by atoms with Crippen molar-refractivity contribution < 1.29 is 47.2 Å². The first-order chi connectivity index (χ1) is 21.1. The molecule has 0 amide bonds. The first-order valence-electron chi connectivity index (χ1n) is 14.1. The van der Waals surface area contributed by atoms with Crippen LogP contribution in [0.25, 0.3) is 11.2 Å². The topological polar surface area (TPSA) is 237 Å². The van der Waals surface area contributed by atoms with Crippen molar-refractivity contribution in [3.63, 3.8) is 0 Å². The molecule has 2 aromatic rings. The number of methoxy groups -OCH3 is 2. The van der Waals surface area contributed by atoms with Crippen LogP contribution in [0.1, 0.15) is 53.7 Å². The molecule has 2 aromatic heterocycles.